The normalized spacial score (nSPS) is 18.9. The van der Waals surface area contributed by atoms with Crippen LogP contribution in [-0.4, -0.2) is 24.6 Å². The van der Waals surface area contributed by atoms with Crippen molar-refractivity contribution in [2.24, 2.45) is 0 Å². The van der Waals surface area contributed by atoms with E-state index in [0.29, 0.717) is 31.1 Å². The van der Waals surface area contributed by atoms with Crippen molar-refractivity contribution >= 4 is 11.6 Å². The van der Waals surface area contributed by atoms with Crippen LogP contribution in [0.25, 0.3) is 0 Å². The van der Waals surface area contributed by atoms with Crippen LogP contribution in [0.4, 0.5) is 0 Å². The quantitative estimate of drug-likeness (QED) is 0.882. The summed E-state index contributed by atoms with van der Waals surface area (Å²) in [6.45, 7) is 1.31. The Balaban J connectivity index is 1.82. The minimum absolute atomic E-state index is 0.151. The molecule has 1 fully saturated rings. The summed E-state index contributed by atoms with van der Waals surface area (Å²) in [4.78, 5) is 0. The number of aliphatic hydroxyl groups excluding tert-OH is 1. The maximum absolute atomic E-state index is 9.92. The van der Waals surface area contributed by atoms with Gasteiger partial charge in [0.15, 0.2) is 6.29 Å². The number of aliphatic hydroxyl groups is 1. The van der Waals surface area contributed by atoms with E-state index in [1.165, 1.54) is 0 Å². The molecule has 1 N–H and O–H groups in total. The average molecular weight is 243 g/mol. The minimum atomic E-state index is -0.481. The van der Waals surface area contributed by atoms with Crippen molar-refractivity contribution < 1.29 is 14.6 Å². The molecule has 1 aromatic rings. The van der Waals surface area contributed by atoms with Gasteiger partial charge >= 0.3 is 0 Å². The molecule has 16 heavy (non-hydrogen) atoms. The second kappa shape index (κ2) is 5.64. The first kappa shape index (κ1) is 11.9. The molecule has 3 nitrogen and oxygen atoms in total. The van der Waals surface area contributed by atoms with E-state index in [4.69, 9.17) is 21.1 Å². The summed E-state index contributed by atoms with van der Waals surface area (Å²) >= 11 is 5.78. The maximum Gasteiger partial charge on any atom is 0.157 e. The predicted molar refractivity (Wildman–Crippen MR) is 61.3 cm³/mol. The van der Waals surface area contributed by atoms with Gasteiger partial charge in [0.05, 0.1) is 19.3 Å². The SMILES string of the molecule is OC(CCC1OCCO1)c1ccc(Cl)cc1. The monoisotopic (exact) mass is 242 g/mol. The fraction of sp³-hybridized carbons (Fsp3) is 0.500. The molecule has 1 heterocycles. The van der Waals surface area contributed by atoms with Crippen LogP contribution >= 0.6 is 11.6 Å². The topological polar surface area (TPSA) is 38.7 Å². The highest BCUT2D eigenvalue weighted by Crippen LogP contribution is 2.22. The summed E-state index contributed by atoms with van der Waals surface area (Å²) < 4.78 is 10.6. The first-order valence-electron chi connectivity index (χ1n) is 5.42. The van der Waals surface area contributed by atoms with Gasteiger partial charge in [-0.05, 0) is 24.1 Å². The lowest BCUT2D eigenvalue weighted by Crippen LogP contribution is -2.09. The van der Waals surface area contributed by atoms with Gasteiger partial charge in [-0.3, -0.25) is 0 Å². The number of halogens is 1. The molecule has 2 rings (SSSR count). The van der Waals surface area contributed by atoms with Gasteiger partial charge in [0, 0.05) is 11.4 Å². The summed E-state index contributed by atoms with van der Waals surface area (Å²) in [5.74, 6) is 0. The first-order valence-corrected chi connectivity index (χ1v) is 5.80. The van der Waals surface area contributed by atoms with Crippen LogP contribution in [0.3, 0.4) is 0 Å². The minimum Gasteiger partial charge on any atom is -0.388 e. The highest BCUT2D eigenvalue weighted by molar-refractivity contribution is 6.30. The summed E-state index contributed by atoms with van der Waals surface area (Å²) in [7, 11) is 0. The Bertz CT molecular complexity index is 320. The second-order valence-electron chi connectivity index (χ2n) is 3.82. The van der Waals surface area contributed by atoms with Gasteiger partial charge in [0.25, 0.3) is 0 Å². The highest BCUT2D eigenvalue weighted by atomic mass is 35.5. The van der Waals surface area contributed by atoms with Crippen LogP contribution in [-0.2, 0) is 9.47 Å². The fourth-order valence-electron chi connectivity index (χ4n) is 1.72. The average Bonchev–Trinajstić information content (AvgIpc) is 2.80. The molecule has 88 valence electrons. The second-order valence-corrected chi connectivity index (χ2v) is 4.25. The third-order valence-corrected chi connectivity index (χ3v) is 2.87. The van der Waals surface area contributed by atoms with Gasteiger partial charge in [-0.25, -0.2) is 0 Å². The van der Waals surface area contributed by atoms with E-state index < -0.39 is 6.10 Å². The van der Waals surface area contributed by atoms with Crippen molar-refractivity contribution in [3.63, 3.8) is 0 Å². The van der Waals surface area contributed by atoms with Crippen LogP contribution in [0.15, 0.2) is 24.3 Å². The molecule has 1 saturated heterocycles. The van der Waals surface area contributed by atoms with Gasteiger partial charge in [-0.2, -0.15) is 0 Å². The summed E-state index contributed by atoms with van der Waals surface area (Å²) in [6, 6.07) is 7.23. The number of ether oxygens (including phenoxy) is 2. The molecule has 1 atom stereocenters. The van der Waals surface area contributed by atoms with Crippen molar-refractivity contribution in [1.82, 2.24) is 0 Å². The van der Waals surface area contributed by atoms with Crippen molar-refractivity contribution in [3.8, 4) is 0 Å². The zero-order valence-corrected chi connectivity index (χ0v) is 9.69. The molecule has 1 aliphatic rings. The van der Waals surface area contributed by atoms with Crippen molar-refractivity contribution in [3.05, 3.63) is 34.9 Å². The highest BCUT2D eigenvalue weighted by Gasteiger charge is 2.17. The maximum atomic E-state index is 9.92. The lowest BCUT2D eigenvalue weighted by Gasteiger charge is -2.13. The number of rotatable bonds is 4. The van der Waals surface area contributed by atoms with Crippen molar-refractivity contribution in [2.45, 2.75) is 25.2 Å². The molecule has 1 aromatic carbocycles. The zero-order chi connectivity index (χ0) is 11.4. The Hall–Kier alpha value is -0.610. The molecule has 0 saturated carbocycles. The fourth-order valence-corrected chi connectivity index (χ4v) is 1.85. The van der Waals surface area contributed by atoms with Crippen molar-refractivity contribution in [2.75, 3.05) is 13.2 Å². The third kappa shape index (κ3) is 3.19. The van der Waals surface area contributed by atoms with Gasteiger partial charge in [0.1, 0.15) is 0 Å². The van der Waals surface area contributed by atoms with Crippen LogP contribution in [0.2, 0.25) is 5.02 Å². The summed E-state index contributed by atoms with van der Waals surface area (Å²) in [5.41, 5.74) is 0.877. The zero-order valence-electron chi connectivity index (χ0n) is 8.93. The third-order valence-electron chi connectivity index (χ3n) is 2.62. The molecule has 0 aliphatic carbocycles. The molecule has 0 spiro atoms. The number of hydrogen-bond donors (Lipinski definition) is 1. The molecular weight excluding hydrogens is 228 g/mol. The van der Waals surface area contributed by atoms with E-state index in [-0.39, 0.29) is 6.29 Å². The number of hydrogen-bond acceptors (Lipinski definition) is 3. The molecular formula is C12H15ClO3. The van der Waals surface area contributed by atoms with Crippen LogP contribution in [0.1, 0.15) is 24.5 Å². The van der Waals surface area contributed by atoms with Crippen LogP contribution in [0, 0.1) is 0 Å². The van der Waals surface area contributed by atoms with Crippen LogP contribution in [0.5, 0.6) is 0 Å². The van der Waals surface area contributed by atoms with Gasteiger partial charge in [-0.15, -0.1) is 0 Å². The van der Waals surface area contributed by atoms with Gasteiger partial charge in [-0.1, -0.05) is 23.7 Å². The first-order chi connectivity index (χ1) is 7.75. The Kier molecular flexibility index (Phi) is 4.18. The Morgan fingerprint density at radius 3 is 2.50 bits per heavy atom. The van der Waals surface area contributed by atoms with E-state index in [1.54, 1.807) is 12.1 Å². The van der Waals surface area contributed by atoms with Gasteiger partial charge < -0.3 is 14.6 Å². The molecule has 1 aliphatic heterocycles. The number of benzene rings is 1. The Morgan fingerprint density at radius 2 is 1.88 bits per heavy atom. The Labute approximate surface area is 99.9 Å². The lowest BCUT2D eigenvalue weighted by atomic mass is 10.1. The lowest BCUT2D eigenvalue weighted by molar-refractivity contribution is -0.0542. The Morgan fingerprint density at radius 1 is 1.25 bits per heavy atom. The van der Waals surface area contributed by atoms with E-state index >= 15 is 0 Å². The predicted octanol–water partition coefficient (Wildman–Crippen LogP) is 2.53. The van der Waals surface area contributed by atoms with E-state index in [1.807, 2.05) is 12.1 Å². The van der Waals surface area contributed by atoms with Gasteiger partial charge in [0.2, 0.25) is 0 Å². The van der Waals surface area contributed by atoms with Crippen molar-refractivity contribution in [1.29, 1.82) is 0 Å². The molecule has 0 aromatic heterocycles. The molecule has 0 amide bonds. The smallest absolute Gasteiger partial charge is 0.157 e. The molecule has 0 radical (unpaired) electrons. The molecule has 0 bridgehead atoms. The largest absolute Gasteiger partial charge is 0.388 e. The van der Waals surface area contributed by atoms with E-state index in [0.717, 1.165) is 5.56 Å². The summed E-state index contributed by atoms with van der Waals surface area (Å²) in [6.07, 6.45) is 0.711. The molecule has 1 unspecified atom stereocenters. The standard InChI is InChI=1S/C12H15ClO3/c13-10-3-1-9(2-4-10)11(14)5-6-12-15-7-8-16-12/h1-4,11-12,14H,5-8H2. The summed E-state index contributed by atoms with van der Waals surface area (Å²) in [5, 5.41) is 10.6. The van der Waals surface area contributed by atoms with Crippen LogP contribution < -0.4 is 0 Å². The molecule has 4 heteroatoms. The van der Waals surface area contributed by atoms with E-state index in [2.05, 4.69) is 0 Å². The van der Waals surface area contributed by atoms with E-state index in [9.17, 15) is 5.11 Å².